The van der Waals surface area contributed by atoms with E-state index >= 15 is 0 Å². The first-order valence-electron chi connectivity index (χ1n) is 6.12. The number of alkyl halides is 3. The van der Waals surface area contributed by atoms with Crippen LogP contribution in [0.15, 0.2) is 42.0 Å². The van der Waals surface area contributed by atoms with E-state index in [9.17, 15) is 28.1 Å². The number of esters is 1. The zero-order valence-corrected chi connectivity index (χ0v) is 11.5. The van der Waals surface area contributed by atoms with Crippen LogP contribution in [0.5, 0.6) is 0 Å². The number of non-ortho nitro benzene ring substituents is 1. The van der Waals surface area contributed by atoms with E-state index in [1.165, 1.54) is 31.2 Å². The van der Waals surface area contributed by atoms with Crippen LogP contribution in [0.1, 0.15) is 12.5 Å². The standard InChI is InChI=1S/C14H12F3NO4/c1-2-22-13(19)9-11(14(15,16)17)6-3-10-4-7-12(8-5-10)18(20)21/h3-9H,2H2,1H3/b6-3+,11-9+. The Bertz CT molecular complexity index is 604. The van der Waals surface area contributed by atoms with Gasteiger partial charge in [0.2, 0.25) is 0 Å². The lowest BCUT2D eigenvalue weighted by molar-refractivity contribution is -0.384. The van der Waals surface area contributed by atoms with Crippen LogP contribution in [0.3, 0.4) is 0 Å². The molecule has 5 nitrogen and oxygen atoms in total. The number of nitrogens with zero attached hydrogens (tertiary/aromatic N) is 1. The first-order valence-corrected chi connectivity index (χ1v) is 6.12. The number of hydrogen-bond acceptors (Lipinski definition) is 4. The molecule has 0 fully saturated rings. The van der Waals surface area contributed by atoms with E-state index < -0.39 is 22.6 Å². The molecule has 1 rings (SSSR count). The summed E-state index contributed by atoms with van der Waals surface area (Å²) in [5.41, 5.74) is -1.02. The highest BCUT2D eigenvalue weighted by molar-refractivity contribution is 5.84. The highest BCUT2D eigenvalue weighted by atomic mass is 19.4. The maximum Gasteiger partial charge on any atom is 0.416 e. The van der Waals surface area contributed by atoms with Crippen molar-refractivity contribution in [2.45, 2.75) is 13.1 Å². The molecule has 0 saturated carbocycles. The quantitative estimate of drug-likeness (QED) is 0.273. The van der Waals surface area contributed by atoms with Gasteiger partial charge in [-0.15, -0.1) is 0 Å². The van der Waals surface area contributed by atoms with E-state index in [0.29, 0.717) is 17.7 Å². The normalized spacial score (nSPS) is 12.5. The Morgan fingerprint density at radius 2 is 1.91 bits per heavy atom. The van der Waals surface area contributed by atoms with E-state index in [4.69, 9.17) is 0 Å². The zero-order chi connectivity index (χ0) is 16.8. The minimum atomic E-state index is -4.72. The van der Waals surface area contributed by atoms with E-state index in [-0.39, 0.29) is 12.3 Å². The monoisotopic (exact) mass is 315 g/mol. The van der Waals surface area contributed by atoms with Crippen molar-refractivity contribution in [2.75, 3.05) is 6.61 Å². The number of carbonyl (C=O) groups excluding carboxylic acids is 1. The number of hydrogen-bond donors (Lipinski definition) is 0. The van der Waals surface area contributed by atoms with Gasteiger partial charge in [0.1, 0.15) is 0 Å². The molecule has 118 valence electrons. The van der Waals surface area contributed by atoms with E-state index in [2.05, 4.69) is 4.74 Å². The Morgan fingerprint density at radius 1 is 1.32 bits per heavy atom. The molecule has 0 saturated heterocycles. The predicted octanol–water partition coefficient (Wildman–Crippen LogP) is 3.66. The molecule has 0 atom stereocenters. The molecule has 0 spiro atoms. The second-order valence-electron chi connectivity index (χ2n) is 4.03. The molecule has 0 bridgehead atoms. The van der Waals surface area contributed by atoms with Crippen molar-refractivity contribution in [2.24, 2.45) is 0 Å². The minimum Gasteiger partial charge on any atom is -0.463 e. The first kappa shape index (κ1) is 17.4. The van der Waals surface area contributed by atoms with Gasteiger partial charge >= 0.3 is 12.1 Å². The Labute approximate surface area is 123 Å². The Hall–Kier alpha value is -2.64. The van der Waals surface area contributed by atoms with Gasteiger partial charge in [-0.2, -0.15) is 13.2 Å². The van der Waals surface area contributed by atoms with Gasteiger partial charge in [-0.25, -0.2) is 4.79 Å². The van der Waals surface area contributed by atoms with E-state index in [1.54, 1.807) is 0 Å². The summed E-state index contributed by atoms with van der Waals surface area (Å²) >= 11 is 0. The van der Waals surface area contributed by atoms with Crippen LogP contribution in [0.2, 0.25) is 0 Å². The third-order valence-corrected chi connectivity index (χ3v) is 2.45. The summed E-state index contributed by atoms with van der Waals surface area (Å²) in [6.45, 7) is 1.44. The second-order valence-corrected chi connectivity index (χ2v) is 4.03. The lowest BCUT2D eigenvalue weighted by atomic mass is 10.1. The number of nitro benzene ring substituents is 1. The molecule has 0 unspecified atom stereocenters. The maximum atomic E-state index is 12.8. The van der Waals surface area contributed by atoms with Crippen LogP contribution in [0, 0.1) is 10.1 Å². The summed E-state index contributed by atoms with van der Waals surface area (Å²) in [5.74, 6) is -1.09. The summed E-state index contributed by atoms with van der Waals surface area (Å²) in [6, 6.07) is 4.93. The van der Waals surface area contributed by atoms with Crippen molar-refractivity contribution in [1.82, 2.24) is 0 Å². The summed E-state index contributed by atoms with van der Waals surface area (Å²) < 4.78 is 42.8. The number of halogens is 3. The number of benzene rings is 1. The average molecular weight is 315 g/mol. The van der Waals surface area contributed by atoms with Crippen LogP contribution < -0.4 is 0 Å². The number of nitro groups is 1. The molecule has 0 N–H and O–H groups in total. The molecule has 1 aromatic rings. The molecular formula is C14H12F3NO4. The number of rotatable bonds is 5. The molecule has 1 aromatic carbocycles. The molecule has 0 aliphatic carbocycles. The molecule has 0 aliphatic heterocycles. The van der Waals surface area contributed by atoms with Crippen molar-refractivity contribution >= 4 is 17.7 Å². The van der Waals surface area contributed by atoms with Crippen LogP contribution in [-0.4, -0.2) is 23.7 Å². The molecule has 0 aromatic heterocycles. The Balaban J connectivity index is 2.98. The molecule has 0 heterocycles. The van der Waals surface area contributed by atoms with Crippen LogP contribution in [-0.2, 0) is 9.53 Å². The average Bonchev–Trinajstić information content (AvgIpc) is 2.43. The van der Waals surface area contributed by atoms with Crippen molar-refractivity contribution in [1.29, 1.82) is 0 Å². The SMILES string of the molecule is CCOC(=O)/C=C(\C=C\c1ccc([N+](=O)[O-])cc1)C(F)(F)F. The molecule has 8 heteroatoms. The van der Waals surface area contributed by atoms with Gasteiger partial charge in [0.05, 0.1) is 17.1 Å². The maximum absolute atomic E-state index is 12.8. The fraction of sp³-hybridized carbons (Fsp3) is 0.214. The van der Waals surface area contributed by atoms with Gasteiger partial charge in [-0.3, -0.25) is 10.1 Å². The summed E-state index contributed by atoms with van der Waals surface area (Å²) in [4.78, 5) is 21.0. The van der Waals surface area contributed by atoms with Crippen LogP contribution in [0.25, 0.3) is 6.08 Å². The fourth-order valence-corrected chi connectivity index (χ4v) is 1.43. The zero-order valence-electron chi connectivity index (χ0n) is 11.5. The largest absolute Gasteiger partial charge is 0.463 e. The third-order valence-electron chi connectivity index (χ3n) is 2.45. The van der Waals surface area contributed by atoms with Crippen LogP contribution in [0.4, 0.5) is 18.9 Å². The summed E-state index contributed by atoms with van der Waals surface area (Å²) in [7, 11) is 0. The summed E-state index contributed by atoms with van der Waals surface area (Å²) in [6.07, 6.45) is -2.56. The molecule has 22 heavy (non-hydrogen) atoms. The molecule has 0 amide bonds. The molecule has 0 radical (unpaired) electrons. The summed E-state index contributed by atoms with van der Waals surface area (Å²) in [5, 5.41) is 10.5. The smallest absolute Gasteiger partial charge is 0.416 e. The van der Waals surface area contributed by atoms with E-state index in [0.717, 1.165) is 6.08 Å². The lowest BCUT2D eigenvalue weighted by Gasteiger charge is -2.07. The van der Waals surface area contributed by atoms with Gasteiger partial charge in [0.25, 0.3) is 5.69 Å². The number of allylic oxidation sites excluding steroid dienone is 2. The topological polar surface area (TPSA) is 69.4 Å². The fourth-order valence-electron chi connectivity index (χ4n) is 1.43. The van der Waals surface area contributed by atoms with Crippen molar-refractivity contribution in [3.63, 3.8) is 0 Å². The third kappa shape index (κ3) is 5.39. The van der Waals surface area contributed by atoms with Gasteiger partial charge in [0, 0.05) is 18.2 Å². The van der Waals surface area contributed by atoms with Gasteiger partial charge in [-0.05, 0) is 30.7 Å². The first-order chi connectivity index (χ1) is 10.2. The predicted molar refractivity (Wildman–Crippen MR) is 72.9 cm³/mol. The van der Waals surface area contributed by atoms with Crippen LogP contribution >= 0.6 is 0 Å². The van der Waals surface area contributed by atoms with Gasteiger partial charge in [0.15, 0.2) is 0 Å². The van der Waals surface area contributed by atoms with Crippen molar-refractivity contribution in [3.05, 3.63) is 57.7 Å². The second kappa shape index (κ2) is 7.39. The molecule has 0 aliphatic rings. The highest BCUT2D eigenvalue weighted by Gasteiger charge is 2.32. The van der Waals surface area contributed by atoms with Crippen molar-refractivity contribution in [3.8, 4) is 0 Å². The molecular weight excluding hydrogens is 303 g/mol. The lowest BCUT2D eigenvalue weighted by Crippen LogP contribution is -2.13. The highest BCUT2D eigenvalue weighted by Crippen LogP contribution is 2.27. The van der Waals surface area contributed by atoms with Gasteiger partial charge in [-0.1, -0.05) is 6.08 Å². The number of ether oxygens (including phenoxy) is 1. The van der Waals surface area contributed by atoms with E-state index in [1.807, 2.05) is 0 Å². The van der Waals surface area contributed by atoms with Gasteiger partial charge < -0.3 is 4.74 Å². The Kier molecular flexibility index (Phi) is 5.85. The number of carbonyl (C=O) groups is 1. The minimum absolute atomic E-state index is 0.0352. The van der Waals surface area contributed by atoms with Crippen molar-refractivity contribution < 1.29 is 27.6 Å². The Morgan fingerprint density at radius 3 is 2.36 bits per heavy atom.